The summed E-state index contributed by atoms with van der Waals surface area (Å²) in [5, 5.41) is 6.63. The fourth-order valence-corrected chi connectivity index (χ4v) is 2.47. The van der Waals surface area contributed by atoms with Gasteiger partial charge in [0.1, 0.15) is 5.82 Å². The van der Waals surface area contributed by atoms with Gasteiger partial charge in [0.05, 0.1) is 5.92 Å². The van der Waals surface area contributed by atoms with Gasteiger partial charge in [0.15, 0.2) is 5.82 Å². The van der Waals surface area contributed by atoms with Crippen molar-refractivity contribution in [3.63, 3.8) is 0 Å². The average molecular weight is 247 g/mol. The molecule has 2 atom stereocenters. The summed E-state index contributed by atoms with van der Waals surface area (Å²) in [5.41, 5.74) is 0. The van der Waals surface area contributed by atoms with E-state index in [0.717, 1.165) is 6.42 Å². The minimum absolute atomic E-state index is 0.199. The first-order chi connectivity index (χ1) is 8.02. The van der Waals surface area contributed by atoms with Crippen molar-refractivity contribution in [1.29, 1.82) is 0 Å². The van der Waals surface area contributed by atoms with Crippen LogP contribution in [0.5, 0.6) is 0 Å². The second-order valence-corrected chi connectivity index (χ2v) is 4.53. The molecule has 0 amide bonds. The summed E-state index contributed by atoms with van der Waals surface area (Å²) in [6.45, 7) is 1.90. The molecule has 1 aromatic rings. The van der Waals surface area contributed by atoms with Crippen molar-refractivity contribution < 1.29 is 13.2 Å². The molecule has 0 radical (unpaired) electrons. The van der Waals surface area contributed by atoms with E-state index in [2.05, 4.69) is 15.2 Å². The van der Waals surface area contributed by atoms with Crippen LogP contribution in [0, 0.1) is 5.92 Å². The highest BCUT2D eigenvalue weighted by Crippen LogP contribution is 2.45. The number of H-pyrrole nitrogens is 1. The van der Waals surface area contributed by atoms with Gasteiger partial charge in [0.2, 0.25) is 0 Å². The van der Waals surface area contributed by atoms with Gasteiger partial charge >= 0.3 is 6.18 Å². The van der Waals surface area contributed by atoms with Crippen LogP contribution in [0.4, 0.5) is 13.2 Å². The zero-order valence-corrected chi connectivity index (χ0v) is 9.72. The van der Waals surface area contributed by atoms with Crippen LogP contribution >= 0.6 is 0 Å². The SMILES string of the molecule is CCc1nc(C2CCCCC2C(F)(F)F)n[nH]1. The zero-order valence-electron chi connectivity index (χ0n) is 9.72. The zero-order chi connectivity index (χ0) is 12.5. The van der Waals surface area contributed by atoms with Gasteiger partial charge < -0.3 is 0 Å². The first-order valence-corrected chi connectivity index (χ1v) is 6.00. The van der Waals surface area contributed by atoms with Crippen LogP contribution in [0.15, 0.2) is 0 Å². The van der Waals surface area contributed by atoms with Crippen LogP contribution in [0.25, 0.3) is 0 Å². The summed E-state index contributed by atoms with van der Waals surface area (Å²) in [6.07, 6.45) is -1.27. The third-order valence-electron chi connectivity index (χ3n) is 3.40. The van der Waals surface area contributed by atoms with Crippen LogP contribution in [0.2, 0.25) is 0 Å². The normalized spacial score (nSPS) is 26.1. The summed E-state index contributed by atoms with van der Waals surface area (Å²) >= 11 is 0. The topological polar surface area (TPSA) is 41.6 Å². The number of aromatic nitrogens is 3. The Balaban J connectivity index is 2.21. The van der Waals surface area contributed by atoms with E-state index < -0.39 is 18.0 Å². The average Bonchev–Trinajstić information content (AvgIpc) is 2.76. The van der Waals surface area contributed by atoms with E-state index in [0.29, 0.717) is 30.9 Å². The van der Waals surface area contributed by atoms with Crippen LogP contribution in [-0.4, -0.2) is 21.4 Å². The molecule has 1 fully saturated rings. The summed E-state index contributed by atoms with van der Waals surface area (Å²) in [4.78, 5) is 4.15. The van der Waals surface area contributed by atoms with Crippen LogP contribution in [0.1, 0.15) is 50.2 Å². The van der Waals surface area contributed by atoms with E-state index in [9.17, 15) is 13.2 Å². The summed E-state index contributed by atoms with van der Waals surface area (Å²) in [7, 11) is 0. The number of aromatic amines is 1. The Morgan fingerprint density at radius 1 is 1.29 bits per heavy atom. The third kappa shape index (κ3) is 2.61. The number of hydrogen-bond acceptors (Lipinski definition) is 2. The Kier molecular flexibility index (Phi) is 3.40. The number of aryl methyl sites for hydroxylation is 1. The van der Waals surface area contributed by atoms with Crippen LogP contribution < -0.4 is 0 Å². The van der Waals surface area contributed by atoms with E-state index in [-0.39, 0.29) is 6.42 Å². The third-order valence-corrected chi connectivity index (χ3v) is 3.40. The van der Waals surface area contributed by atoms with E-state index in [4.69, 9.17) is 0 Å². The highest BCUT2D eigenvalue weighted by Gasteiger charge is 2.47. The Labute approximate surface area is 97.8 Å². The molecule has 1 aliphatic carbocycles. The molecular formula is C11H16F3N3. The fraction of sp³-hybridized carbons (Fsp3) is 0.818. The maximum atomic E-state index is 12.9. The minimum Gasteiger partial charge on any atom is -0.263 e. The molecule has 0 saturated heterocycles. The molecule has 96 valence electrons. The Morgan fingerprint density at radius 2 is 2.00 bits per heavy atom. The van der Waals surface area contributed by atoms with Gasteiger partial charge in [-0.2, -0.15) is 18.3 Å². The molecule has 0 aromatic carbocycles. The standard InChI is InChI=1S/C11H16F3N3/c1-2-9-15-10(17-16-9)7-5-3-4-6-8(7)11(12,13)14/h7-8H,2-6H2,1H3,(H,15,16,17). The highest BCUT2D eigenvalue weighted by atomic mass is 19.4. The van der Waals surface area contributed by atoms with Gasteiger partial charge in [-0.25, -0.2) is 4.98 Å². The summed E-state index contributed by atoms with van der Waals surface area (Å²) in [5.74, 6) is -0.854. The van der Waals surface area contributed by atoms with E-state index in [1.54, 1.807) is 0 Å². The van der Waals surface area contributed by atoms with Gasteiger partial charge in [-0.15, -0.1) is 0 Å². The number of hydrogen-bond donors (Lipinski definition) is 1. The quantitative estimate of drug-likeness (QED) is 0.871. The Morgan fingerprint density at radius 3 is 2.59 bits per heavy atom. The van der Waals surface area contributed by atoms with Gasteiger partial charge in [0.25, 0.3) is 0 Å². The lowest BCUT2D eigenvalue weighted by Gasteiger charge is -2.31. The number of rotatable bonds is 2. The highest BCUT2D eigenvalue weighted by molar-refractivity contribution is 5.03. The molecule has 0 spiro atoms. The van der Waals surface area contributed by atoms with Gasteiger partial charge in [-0.1, -0.05) is 19.8 Å². The molecule has 1 heterocycles. The van der Waals surface area contributed by atoms with Crippen molar-refractivity contribution in [3.05, 3.63) is 11.6 Å². The molecular weight excluding hydrogens is 231 g/mol. The van der Waals surface area contributed by atoms with E-state index in [1.165, 1.54) is 0 Å². The lowest BCUT2D eigenvalue weighted by Crippen LogP contribution is -2.32. The molecule has 1 aromatic heterocycles. The lowest BCUT2D eigenvalue weighted by molar-refractivity contribution is -0.187. The van der Waals surface area contributed by atoms with Gasteiger partial charge in [-0.3, -0.25) is 5.10 Å². The number of alkyl halides is 3. The van der Waals surface area contributed by atoms with Crippen molar-refractivity contribution in [2.24, 2.45) is 5.92 Å². The molecule has 1 saturated carbocycles. The maximum Gasteiger partial charge on any atom is 0.392 e. The summed E-state index contributed by atoms with van der Waals surface area (Å²) < 4.78 is 38.7. The number of nitrogens with one attached hydrogen (secondary N) is 1. The number of nitrogens with zero attached hydrogens (tertiary/aromatic N) is 2. The monoisotopic (exact) mass is 247 g/mol. The van der Waals surface area contributed by atoms with E-state index >= 15 is 0 Å². The molecule has 6 heteroatoms. The van der Waals surface area contributed by atoms with Crippen molar-refractivity contribution in [3.8, 4) is 0 Å². The van der Waals surface area contributed by atoms with Crippen molar-refractivity contribution in [2.75, 3.05) is 0 Å². The van der Waals surface area contributed by atoms with Gasteiger partial charge in [0, 0.05) is 12.3 Å². The molecule has 3 nitrogen and oxygen atoms in total. The molecule has 17 heavy (non-hydrogen) atoms. The molecule has 1 aliphatic rings. The van der Waals surface area contributed by atoms with Crippen molar-refractivity contribution in [1.82, 2.24) is 15.2 Å². The van der Waals surface area contributed by atoms with Crippen LogP contribution in [-0.2, 0) is 6.42 Å². The maximum absolute atomic E-state index is 12.9. The predicted octanol–water partition coefficient (Wildman–Crippen LogP) is 3.20. The molecule has 2 rings (SSSR count). The predicted molar refractivity (Wildman–Crippen MR) is 56.5 cm³/mol. The van der Waals surface area contributed by atoms with Crippen molar-refractivity contribution in [2.45, 2.75) is 51.1 Å². The Bertz CT molecular complexity index is 372. The van der Waals surface area contributed by atoms with E-state index in [1.807, 2.05) is 6.92 Å². The smallest absolute Gasteiger partial charge is 0.263 e. The molecule has 2 unspecified atom stereocenters. The summed E-state index contributed by atoms with van der Waals surface area (Å²) in [6, 6.07) is 0. The second-order valence-electron chi connectivity index (χ2n) is 4.53. The van der Waals surface area contributed by atoms with Gasteiger partial charge in [-0.05, 0) is 12.8 Å². The first kappa shape index (κ1) is 12.4. The number of halogens is 3. The lowest BCUT2D eigenvalue weighted by atomic mass is 9.78. The minimum atomic E-state index is -4.14. The molecule has 0 aliphatic heterocycles. The fourth-order valence-electron chi connectivity index (χ4n) is 2.47. The Hall–Kier alpha value is -1.07. The molecule has 1 N–H and O–H groups in total. The first-order valence-electron chi connectivity index (χ1n) is 6.00. The van der Waals surface area contributed by atoms with Crippen LogP contribution in [0.3, 0.4) is 0 Å². The second kappa shape index (κ2) is 4.66. The van der Waals surface area contributed by atoms with Crippen molar-refractivity contribution >= 4 is 0 Å². The molecule has 0 bridgehead atoms. The largest absolute Gasteiger partial charge is 0.392 e.